The number of rotatable bonds is 5. The molecule has 0 aromatic carbocycles. The third-order valence-electron chi connectivity index (χ3n) is 3.45. The van der Waals surface area contributed by atoms with Crippen LogP contribution in [-0.4, -0.2) is 76.9 Å². The number of aliphatic carboxylic acids is 1. The molecular formula is C11H12N6O5S. The Labute approximate surface area is 133 Å². The van der Waals surface area contributed by atoms with E-state index in [1.54, 1.807) is 0 Å². The van der Waals surface area contributed by atoms with Crippen molar-refractivity contribution in [3.05, 3.63) is 17.6 Å². The van der Waals surface area contributed by atoms with Crippen molar-refractivity contribution in [2.24, 2.45) is 0 Å². The molecule has 1 saturated heterocycles. The number of nitrogens with one attached hydrogen (secondary N) is 1. The number of amides is 2. The quantitative estimate of drug-likeness (QED) is 0.490. The first-order chi connectivity index (χ1) is 11.0. The van der Waals surface area contributed by atoms with Crippen LogP contribution in [-0.2, 0) is 20.9 Å². The highest BCUT2D eigenvalue weighted by Crippen LogP contribution is 2.40. The number of hydrogen-bond acceptors (Lipinski definition) is 8. The van der Waals surface area contributed by atoms with Gasteiger partial charge in [0.25, 0.3) is 5.91 Å². The number of aliphatic hydroxyl groups is 1. The smallest absolute Gasteiger partial charge is 0.352 e. The van der Waals surface area contributed by atoms with Crippen LogP contribution in [0, 0.1) is 0 Å². The first-order valence-corrected chi connectivity index (χ1v) is 7.58. The standard InChI is InChI=1S/C11H12N6O5S/c18-2-5-3-23-10-7(9(20)17(10)8(5)11(21)22)13-6(19)1-16-4-12-14-15-16/h4,7,10,18H,1-3H2,(H,13,19)(H,21,22)/t7-,10-/m1/s1. The number of hydrogen-bond donors (Lipinski definition) is 3. The molecule has 2 atom stereocenters. The highest BCUT2D eigenvalue weighted by atomic mass is 32.2. The Hall–Kier alpha value is -2.47. The van der Waals surface area contributed by atoms with Crippen molar-refractivity contribution in [1.82, 2.24) is 30.4 Å². The molecule has 3 rings (SSSR count). The number of aromatic nitrogens is 4. The van der Waals surface area contributed by atoms with Crippen molar-refractivity contribution in [1.29, 1.82) is 0 Å². The number of aliphatic hydroxyl groups excluding tert-OH is 1. The lowest BCUT2D eigenvalue weighted by Crippen LogP contribution is -2.70. The third-order valence-corrected chi connectivity index (χ3v) is 4.79. The minimum Gasteiger partial charge on any atom is -0.477 e. The molecule has 1 aromatic rings. The van der Waals surface area contributed by atoms with E-state index < -0.39 is 35.8 Å². The molecule has 3 heterocycles. The Morgan fingerprint density at radius 1 is 1.48 bits per heavy atom. The molecule has 0 saturated carbocycles. The Balaban J connectivity index is 1.69. The summed E-state index contributed by atoms with van der Waals surface area (Å²) in [6, 6.07) is -0.807. The number of β-lactam (4-membered cyclic amide) rings is 1. The van der Waals surface area contributed by atoms with E-state index in [0.29, 0.717) is 0 Å². The molecule has 0 radical (unpaired) electrons. The lowest BCUT2D eigenvalue weighted by Gasteiger charge is -2.49. The fraction of sp³-hybridized carbons (Fsp3) is 0.455. The second-order valence-electron chi connectivity index (χ2n) is 4.88. The average molecular weight is 340 g/mol. The number of carboxylic acid groups (broad SMARTS) is 1. The summed E-state index contributed by atoms with van der Waals surface area (Å²) < 4.78 is 1.21. The number of carboxylic acids is 1. The number of fused-ring (bicyclic) bond motifs is 1. The van der Waals surface area contributed by atoms with Gasteiger partial charge < -0.3 is 15.5 Å². The van der Waals surface area contributed by atoms with Crippen molar-refractivity contribution in [3.63, 3.8) is 0 Å². The number of thioether (sulfide) groups is 1. The predicted octanol–water partition coefficient (Wildman–Crippen LogP) is -2.60. The van der Waals surface area contributed by atoms with Gasteiger partial charge in [0, 0.05) is 5.75 Å². The van der Waals surface area contributed by atoms with Crippen molar-refractivity contribution in [2.75, 3.05) is 12.4 Å². The molecule has 0 aliphatic carbocycles. The van der Waals surface area contributed by atoms with Crippen LogP contribution < -0.4 is 5.32 Å². The van der Waals surface area contributed by atoms with Gasteiger partial charge >= 0.3 is 5.97 Å². The maximum Gasteiger partial charge on any atom is 0.352 e. The number of tetrazole rings is 1. The average Bonchev–Trinajstić information content (AvgIpc) is 3.03. The van der Waals surface area contributed by atoms with Crippen molar-refractivity contribution in [2.45, 2.75) is 18.0 Å². The summed E-state index contributed by atoms with van der Waals surface area (Å²) >= 11 is 1.29. The Morgan fingerprint density at radius 3 is 2.87 bits per heavy atom. The largest absolute Gasteiger partial charge is 0.477 e. The summed E-state index contributed by atoms with van der Waals surface area (Å²) in [5.74, 6) is -1.96. The topological polar surface area (TPSA) is 151 Å². The zero-order valence-corrected chi connectivity index (χ0v) is 12.4. The first-order valence-electron chi connectivity index (χ1n) is 6.54. The second kappa shape index (κ2) is 5.96. The number of carbonyl (C=O) groups is 3. The van der Waals surface area contributed by atoms with Gasteiger partial charge in [-0.15, -0.1) is 16.9 Å². The lowest BCUT2D eigenvalue weighted by atomic mass is 10.0. The summed E-state index contributed by atoms with van der Waals surface area (Å²) in [4.78, 5) is 36.5. The lowest BCUT2D eigenvalue weighted by molar-refractivity contribution is -0.150. The van der Waals surface area contributed by atoms with Gasteiger partial charge in [-0.3, -0.25) is 14.5 Å². The molecule has 122 valence electrons. The van der Waals surface area contributed by atoms with Crippen LogP contribution in [0.1, 0.15) is 0 Å². The van der Waals surface area contributed by atoms with Crippen molar-refractivity contribution < 1.29 is 24.6 Å². The summed E-state index contributed by atoms with van der Waals surface area (Å²) in [5, 5.41) is 30.8. The molecule has 1 aromatic heterocycles. The molecule has 23 heavy (non-hydrogen) atoms. The van der Waals surface area contributed by atoms with Gasteiger partial charge in [0.1, 0.15) is 30.0 Å². The van der Waals surface area contributed by atoms with Gasteiger partial charge in [0.05, 0.1) is 6.61 Å². The van der Waals surface area contributed by atoms with Gasteiger partial charge in [-0.2, -0.15) is 0 Å². The minimum absolute atomic E-state index is 0.141. The van der Waals surface area contributed by atoms with Crippen molar-refractivity contribution >= 4 is 29.5 Å². The summed E-state index contributed by atoms with van der Waals surface area (Å²) in [6.45, 7) is -0.570. The van der Waals surface area contributed by atoms with E-state index in [-0.39, 0.29) is 23.6 Å². The summed E-state index contributed by atoms with van der Waals surface area (Å²) in [7, 11) is 0. The molecule has 2 amide bonds. The molecule has 3 N–H and O–H groups in total. The molecule has 1 fully saturated rings. The van der Waals surface area contributed by atoms with Crippen LogP contribution in [0.5, 0.6) is 0 Å². The maximum atomic E-state index is 12.2. The van der Waals surface area contributed by atoms with Crippen LogP contribution in [0.4, 0.5) is 0 Å². The third kappa shape index (κ3) is 2.66. The zero-order chi connectivity index (χ0) is 16.6. The SMILES string of the molecule is O=C(Cn1cnnn1)N[C@@H]1C(=O)N2C(C(=O)O)=C(CO)CS[C@H]12. The van der Waals surface area contributed by atoms with E-state index in [9.17, 15) is 24.6 Å². The summed E-state index contributed by atoms with van der Waals surface area (Å²) in [5.41, 5.74) is 0.0813. The monoisotopic (exact) mass is 340 g/mol. The van der Waals surface area contributed by atoms with E-state index in [4.69, 9.17) is 0 Å². The van der Waals surface area contributed by atoms with E-state index in [0.717, 1.165) is 4.90 Å². The van der Waals surface area contributed by atoms with E-state index >= 15 is 0 Å². The van der Waals surface area contributed by atoms with Crippen LogP contribution in [0.15, 0.2) is 17.6 Å². The zero-order valence-electron chi connectivity index (χ0n) is 11.6. The van der Waals surface area contributed by atoms with Gasteiger partial charge in [0.15, 0.2) is 0 Å². The van der Waals surface area contributed by atoms with E-state index in [2.05, 4.69) is 20.8 Å². The Kier molecular flexibility index (Phi) is 4.00. The Morgan fingerprint density at radius 2 is 2.26 bits per heavy atom. The van der Waals surface area contributed by atoms with E-state index in [1.807, 2.05) is 0 Å². The molecular weight excluding hydrogens is 328 g/mol. The van der Waals surface area contributed by atoms with E-state index in [1.165, 1.54) is 22.8 Å². The number of carbonyl (C=O) groups excluding carboxylic acids is 2. The first kappa shape index (κ1) is 15.4. The van der Waals surface area contributed by atoms with Crippen molar-refractivity contribution in [3.8, 4) is 0 Å². The molecule has 2 aliphatic heterocycles. The van der Waals surface area contributed by atoms with Gasteiger partial charge in [-0.1, -0.05) is 0 Å². The van der Waals surface area contributed by atoms with Gasteiger partial charge in [-0.05, 0) is 16.0 Å². The molecule has 12 heteroatoms. The molecule has 0 unspecified atom stereocenters. The van der Waals surface area contributed by atoms with Crippen LogP contribution in [0.3, 0.4) is 0 Å². The fourth-order valence-electron chi connectivity index (χ4n) is 2.42. The normalized spacial score (nSPS) is 23.3. The van der Waals surface area contributed by atoms with Crippen LogP contribution in [0.25, 0.3) is 0 Å². The van der Waals surface area contributed by atoms with Crippen LogP contribution in [0.2, 0.25) is 0 Å². The molecule has 11 nitrogen and oxygen atoms in total. The highest BCUT2D eigenvalue weighted by Gasteiger charge is 2.54. The fourth-order valence-corrected chi connectivity index (χ4v) is 3.76. The highest BCUT2D eigenvalue weighted by molar-refractivity contribution is 8.00. The number of nitrogens with zero attached hydrogens (tertiary/aromatic N) is 5. The minimum atomic E-state index is -1.27. The Bertz CT molecular complexity index is 689. The maximum absolute atomic E-state index is 12.2. The molecule has 0 bridgehead atoms. The van der Waals surface area contributed by atoms with Gasteiger partial charge in [0.2, 0.25) is 5.91 Å². The van der Waals surface area contributed by atoms with Gasteiger partial charge in [-0.25, -0.2) is 9.48 Å². The predicted molar refractivity (Wildman–Crippen MR) is 74.6 cm³/mol. The summed E-state index contributed by atoms with van der Waals surface area (Å²) in [6.07, 6.45) is 1.27. The molecule has 0 spiro atoms. The second-order valence-corrected chi connectivity index (χ2v) is 5.98. The molecule has 2 aliphatic rings. The van der Waals surface area contributed by atoms with Crippen LogP contribution >= 0.6 is 11.8 Å².